The molecule has 0 unspecified atom stereocenters. The minimum absolute atomic E-state index is 0.299. The highest BCUT2D eigenvalue weighted by Crippen LogP contribution is 2.05. The van der Waals surface area contributed by atoms with Gasteiger partial charge in [-0.2, -0.15) is 0 Å². The predicted molar refractivity (Wildman–Crippen MR) is 59.0 cm³/mol. The topological polar surface area (TPSA) is 27.7 Å². The van der Waals surface area contributed by atoms with Crippen LogP contribution in [-0.4, -0.2) is 27.8 Å². The Morgan fingerprint density at radius 1 is 1.00 bits per heavy atom. The molecule has 0 radical (unpaired) electrons. The van der Waals surface area contributed by atoms with Crippen molar-refractivity contribution in [3.63, 3.8) is 0 Å². The summed E-state index contributed by atoms with van der Waals surface area (Å²) < 4.78 is 14.9. The minimum Gasteiger partial charge on any atom is -0.359 e. The second kappa shape index (κ2) is 10.7. The Balaban J connectivity index is 0.000000241. The number of hydrogen-bond donors (Lipinski definition) is 0. The number of hydrogen-bond acceptors (Lipinski definition) is 3. The minimum atomic E-state index is 0.299. The van der Waals surface area contributed by atoms with Gasteiger partial charge in [0.25, 0.3) is 0 Å². The van der Waals surface area contributed by atoms with Crippen molar-refractivity contribution >= 4 is 15.9 Å². The fraction of sp³-hybridized carbons (Fsp3) is 0.400. The number of halogens is 1. The van der Waals surface area contributed by atoms with Crippen molar-refractivity contribution in [3.05, 3.63) is 34.8 Å². The van der Waals surface area contributed by atoms with Crippen LogP contribution in [0.1, 0.15) is 0 Å². The SMILES string of the molecule is Brc1ccccc1.COCOCOC. The molecule has 0 bridgehead atoms. The zero-order valence-electron chi connectivity index (χ0n) is 8.40. The maximum Gasteiger partial charge on any atom is 0.149 e. The molecule has 14 heavy (non-hydrogen) atoms. The summed E-state index contributed by atoms with van der Waals surface area (Å²) in [4.78, 5) is 0. The molecule has 1 rings (SSSR count). The molecule has 1 aromatic carbocycles. The van der Waals surface area contributed by atoms with E-state index in [1.165, 1.54) is 0 Å². The van der Waals surface area contributed by atoms with E-state index in [-0.39, 0.29) is 0 Å². The maximum atomic E-state index is 4.69. The molecule has 0 amide bonds. The van der Waals surface area contributed by atoms with Crippen molar-refractivity contribution in [1.82, 2.24) is 0 Å². The van der Waals surface area contributed by atoms with Gasteiger partial charge in [-0.3, -0.25) is 0 Å². The van der Waals surface area contributed by atoms with Crippen molar-refractivity contribution in [2.45, 2.75) is 0 Å². The van der Waals surface area contributed by atoms with Crippen LogP contribution < -0.4 is 0 Å². The maximum absolute atomic E-state index is 4.69. The Morgan fingerprint density at radius 3 is 1.79 bits per heavy atom. The fourth-order valence-corrected chi connectivity index (χ4v) is 0.921. The van der Waals surface area contributed by atoms with E-state index in [4.69, 9.17) is 0 Å². The summed E-state index contributed by atoms with van der Waals surface area (Å²) in [5.74, 6) is 0. The first-order chi connectivity index (χ1) is 6.81. The lowest BCUT2D eigenvalue weighted by atomic mass is 10.4. The molecule has 0 heterocycles. The molecule has 0 saturated carbocycles. The summed E-state index contributed by atoms with van der Waals surface area (Å²) in [5, 5.41) is 0. The van der Waals surface area contributed by atoms with Crippen LogP contribution in [-0.2, 0) is 14.2 Å². The Kier molecular flexibility index (Phi) is 10.3. The largest absolute Gasteiger partial charge is 0.359 e. The van der Waals surface area contributed by atoms with Crippen molar-refractivity contribution < 1.29 is 14.2 Å². The van der Waals surface area contributed by atoms with Gasteiger partial charge in [-0.05, 0) is 12.1 Å². The molecule has 80 valence electrons. The first kappa shape index (κ1) is 13.6. The summed E-state index contributed by atoms with van der Waals surface area (Å²) >= 11 is 3.31. The first-order valence-electron chi connectivity index (χ1n) is 4.07. The van der Waals surface area contributed by atoms with Crippen molar-refractivity contribution in [2.24, 2.45) is 0 Å². The van der Waals surface area contributed by atoms with Gasteiger partial charge in [0.15, 0.2) is 0 Å². The molecule has 0 atom stereocenters. The van der Waals surface area contributed by atoms with E-state index in [2.05, 4.69) is 30.1 Å². The summed E-state index contributed by atoms with van der Waals surface area (Å²) in [6.45, 7) is 0.599. The van der Waals surface area contributed by atoms with Gasteiger partial charge in [-0.1, -0.05) is 34.1 Å². The normalized spacial score (nSPS) is 9.07. The Bertz CT molecular complexity index is 200. The summed E-state index contributed by atoms with van der Waals surface area (Å²) in [7, 11) is 3.13. The molecule has 0 N–H and O–H groups in total. The van der Waals surface area contributed by atoms with E-state index < -0.39 is 0 Å². The molecular weight excluding hydrogens is 248 g/mol. The lowest BCUT2D eigenvalue weighted by molar-refractivity contribution is -0.107. The molecule has 4 heteroatoms. The highest BCUT2D eigenvalue weighted by molar-refractivity contribution is 9.10. The highest BCUT2D eigenvalue weighted by atomic mass is 79.9. The molecule has 0 aliphatic heterocycles. The molecule has 1 aromatic rings. The highest BCUT2D eigenvalue weighted by Gasteiger charge is 1.76. The third kappa shape index (κ3) is 9.67. The average molecular weight is 263 g/mol. The summed E-state index contributed by atoms with van der Waals surface area (Å²) in [6, 6.07) is 9.97. The molecular formula is C10H15BrO3. The average Bonchev–Trinajstić information content (AvgIpc) is 2.21. The van der Waals surface area contributed by atoms with Gasteiger partial charge in [0.1, 0.15) is 13.6 Å². The number of ether oxygens (including phenoxy) is 3. The first-order valence-corrected chi connectivity index (χ1v) is 4.86. The van der Waals surface area contributed by atoms with Crippen LogP contribution in [0.4, 0.5) is 0 Å². The Hall–Kier alpha value is -0.420. The smallest absolute Gasteiger partial charge is 0.149 e. The molecule has 0 aromatic heterocycles. The van der Waals surface area contributed by atoms with E-state index >= 15 is 0 Å². The van der Waals surface area contributed by atoms with E-state index in [1.807, 2.05) is 30.3 Å². The van der Waals surface area contributed by atoms with Crippen LogP contribution in [0.2, 0.25) is 0 Å². The van der Waals surface area contributed by atoms with Gasteiger partial charge >= 0.3 is 0 Å². The molecule has 0 aliphatic rings. The molecule has 0 spiro atoms. The molecule has 0 saturated heterocycles. The number of benzene rings is 1. The zero-order valence-corrected chi connectivity index (χ0v) is 9.99. The third-order valence-electron chi connectivity index (χ3n) is 1.14. The van der Waals surface area contributed by atoms with Crippen molar-refractivity contribution in [3.8, 4) is 0 Å². The number of rotatable bonds is 4. The Labute approximate surface area is 93.1 Å². The van der Waals surface area contributed by atoms with Gasteiger partial charge in [0.05, 0.1) is 0 Å². The van der Waals surface area contributed by atoms with Crippen molar-refractivity contribution in [1.29, 1.82) is 0 Å². The molecule has 3 nitrogen and oxygen atoms in total. The van der Waals surface area contributed by atoms with Crippen LogP contribution in [0, 0.1) is 0 Å². The van der Waals surface area contributed by atoms with Crippen LogP contribution in [0.3, 0.4) is 0 Å². The van der Waals surface area contributed by atoms with Crippen LogP contribution in [0.15, 0.2) is 34.8 Å². The summed E-state index contributed by atoms with van der Waals surface area (Å²) in [5.41, 5.74) is 0. The monoisotopic (exact) mass is 262 g/mol. The Morgan fingerprint density at radius 2 is 1.50 bits per heavy atom. The molecule has 0 fully saturated rings. The van der Waals surface area contributed by atoms with Crippen LogP contribution >= 0.6 is 15.9 Å². The van der Waals surface area contributed by atoms with Crippen LogP contribution in [0.5, 0.6) is 0 Å². The predicted octanol–water partition coefficient (Wildman–Crippen LogP) is 2.66. The van der Waals surface area contributed by atoms with E-state index in [0.717, 1.165) is 4.47 Å². The summed E-state index contributed by atoms with van der Waals surface area (Å²) in [6.07, 6.45) is 0. The van der Waals surface area contributed by atoms with Gasteiger partial charge in [-0.25, -0.2) is 0 Å². The van der Waals surface area contributed by atoms with Crippen molar-refractivity contribution in [2.75, 3.05) is 27.8 Å². The molecule has 0 aliphatic carbocycles. The standard InChI is InChI=1S/C6H5Br.C4H10O3/c7-6-4-2-1-3-5-6;1-5-3-7-4-6-2/h1-5H;3-4H2,1-2H3. The van der Waals surface area contributed by atoms with Crippen LogP contribution in [0.25, 0.3) is 0 Å². The lowest BCUT2D eigenvalue weighted by Gasteiger charge is -1.97. The van der Waals surface area contributed by atoms with Gasteiger partial charge < -0.3 is 14.2 Å². The lowest BCUT2D eigenvalue weighted by Crippen LogP contribution is -1.98. The van der Waals surface area contributed by atoms with Gasteiger partial charge in [0.2, 0.25) is 0 Å². The van der Waals surface area contributed by atoms with E-state index in [1.54, 1.807) is 14.2 Å². The quantitative estimate of drug-likeness (QED) is 0.617. The van der Waals surface area contributed by atoms with E-state index in [9.17, 15) is 0 Å². The van der Waals surface area contributed by atoms with Gasteiger partial charge in [-0.15, -0.1) is 0 Å². The van der Waals surface area contributed by atoms with Gasteiger partial charge in [0, 0.05) is 18.7 Å². The zero-order chi connectivity index (χ0) is 10.6. The second-order valence-corrected chi connectivity index (χ2v) is 3.23. The second-order valence-electron chi connectivity index (χ2n) is 2.31. The number of methoxy groups -OCH3 is 2. The fourth-order valence-electron chi connectivity index (χ4n) is 0.615. The van der Waals surface area contributed by atoms with E-state index in [0.29, 0.717) is 13.6 Å². The third-order valence-corrected chi connectivity index (χ3v) is 1.66.